The third-order valence-electron chi connectivity index (χ3n) is 3.29. The summed E-state index contributed by atoms with van der Waals surface area (Å²) in [6.07, 6.45) is 1.03. The monoisotopic (exact) mass is 233 g/mol. The first-order valence-corrected chi connectivity index (χ1v) is 6.18. The van der Waals surface area contributed by atoms with Crippen LogP contribution in [0.2, 0.25) is 0 Å². The zero-order valence-electron chi connectivity index (χ0n) is 10.5. The zero-order valence-corrected chi connectivity index (χ0v) is 10.5. The van der Waals surface area contributed by atoms with E-state index in [0.29, 0.717) is 6.04 Å². The van der Waals surface area contributed by atoms with E-state index in [1.165, 1.54) is 0 Å². The predicted molar refractivity (Wildman–Crippen MR) is 68.7 cm³/mol. The summed E-state index contributed by atoms with van der Waals surface area (Å²) in [6.45, 7) is 6.14. The maximum Gasteiger partial charge on any atom is 0.161 e. The lowest BCUT2D eigenvalue weighted by molar-refractivity contribution is 0.0923. The lowest BCUT2D eigenvalue weighted by atomic mass is 10.1. The van der Waals surface area contributed by atoms with Gasteiger partial charge in [0.15, 0.2) is 5.78 Å². The van der Waals surface area contributed by atoms with Crippen molar-refractivity contribution in [2.24, 2.45) is 0 Å². The summed E-state index contributed by atoms with van der Waals surface area (Å²) in [6, 6.07) is 8.22. The number of carbonyl (C=O) groups excluding carboxylic acids is 1. The Balaban J connectivity index is 2.34. The largest absolute Gasteiger partial charge is 0.377 e. The molecule has 1 aliphatic heterocycles. The summed E-state index contributed by atoms with van der Waals surface area (Å²) >= 11 is 0. The topological polar surface area (TPSA) is 29.5 Å². The van der Waals surface area contributed by atoms with Gasteiger partial charge in [-0.25, -0.2) is 0 Å². The van der Waals surface area contributed by atoms with Crippen LogP contribution in [0.1, 0.15) is 30.6 Å². The molecule has 17 heavy (non-hydrogen) atoms. The first-order chi connectivity index (χ1) is 8.24. The van der Waals surface area contributed by atoms with Crippen molar-refractivity contribution in [3.63, 3.8) is 0 Å². The number of nitrogens with zero attached hydrogens (tertiary/aromatic N) is 1. The molecule has 0 spiro atoms. The average molecular weight is 233 g/mol. The van der Waals surface area contributed by atoms with Crippen LogP contribution in [0.4, 0.5) is 5.69 Å². The fourth-order valence-electron chi connectivity index (χ4n) is 2.33. The molecule has 0 radical (unpaired) electrons. The minimum absolute atomic E-state index is 0.127. The van der Waals surface area contributed by atoms with Crippen molar-refractivity contribution in [1.29, 1.82) is 0 Å². The van der Waals surface area contributed by atoms with Crippen LogP contribution >= 0.6 is 0 Å². The van der Waals surface area contributed by atoms with E-state index in [9.17, 15) is 4.79 Å². The van der Waals surface area contributed by atoms with Crippen molar-refractivity contribution in [3.8, 4) is 0 Å². The molecule has 2 rings (SSSR count). The van der Waals surface area contributed by atoms with E-state index in [0.717, 1.165) is 37.4 Å². The number of anilines is 1. The molecule has 0 unspecified atom stereocenters. The summed E-state index contributed by atoms with van der Waals surface area (Å²) in [5.74, 6) is 0.127. The van der Waals surface area contributed by atoms with Gasteiger partial charge in [-0.2, -0.15) is 0 Å². The van der Waals surface area contributed by atoms with Crippen LogP contribution in [0.5, 0.6) is 0 Å². The second-order valence-corrected chi connectivity index (χ2v) is 4.40. The molecule has 1 atom stereocenters. The molecule has 1 saturated heterocycles. The molecule has 1 aromatic carbocycles. The molecule has 1 aliphatic rings. The SMILES string of the molecule is CC[C@@H]1COCCN1c1ccccc1C(C)=O. The van der Waals surface area contributed by atoms with Gasteiger partial charge in [0.2, 0.25) is 0 Å². The van der Waals surface area contributed by atoms with Gasteiger partial charge in [0, 0.05) is 17.8 Å². The van der Waals surface area contributed by atoms with E-state index in [1.807, 2.05) is 24.3 Å². The number of rotatable bonds is 3. The van der Waals surface area contributed by atoms with E-state index in [4.69, 9.17) is 4.74 Å². The maximum atomic E-state index is 11.6. The molecule has 1 heterocycles. The highest BCUT2D eigenvalue weighted by molar-refractivity contribution is 5.99. The second-order valence-electron chi connectivity index (χ2n) is 4.40. The smallest absolute Gasteiger partial charge is 0.161 e. The van der Waals surface area contributed by atoms with Crippen molar-refractivity contribution in [2.75, 3.05) is 24.7 Å². The van der Waals surface area contributed by atoms with Crippen LogP contribution in [0.25, 0.3) is 0 Å². The number of para-hydroxylation sites is 1. The molecule has 0 aromatic heterocycles. The Bertz CT molecular complexity index is 403. The second kappa shape index (κ2) is 5.32. The minimum Gasteiger partial charge on any atom is -0.377 e. The quantitative estimate of drug-likeness (QED) is 0.751. The number of carbonyl (C=O) groups is 1. The van der Waals surface area contributed by atoms with Crippen LogP contribution in [-0.2, 0) is 4.74 Å². The van der Waals surface area contributed by atoms with Crippen molar-refractivity contribution >= 4 is 11.5 Å². The van der Waals surface area contributed by atoms with Gasteiger partial charge in [-0.05, 0) is 25.5 Å². The number of Topliss-reactive ketones (excluding diaryl/α,β-unsaturated/α-hetero) is 1. The number of morpholine rings is 1. The molecule has 0 aliphatic carbocycles. The lowest BCUT2D eigenvalue weighted by Gasteiger charge is -2.37. The van der Waals surface area contributed by atoms with Gasteiger partial charge in [0.1, 0.15) is 0 Å². The van der Waals surface area contributed by atoms with Crippen LogP contribution in [0.3, 0.4) is 0 Å². The normalized spacial score (nSPS) is 20.4. The van der Waals surface area contributed by atoms with Gasteiger partial charge in [-0.1, -0.05) is 19.1 Å². The number of ether oxygens (including phenoxy) is 1. The summed E-state index contributed by atoms with van der Waals surface area (Å²) < 4.78 is 5.50. The molecule has 1 aromatic rings. The van der Waals surface area contributed by atoms with Crippen molar-refractivity contribution in [1.82, 2.24) is 0 Å². The van der Waals surface area contributed by atoms with Gasteiger partial charge in [-0.15, -0.1) is 0 Å². The highest BCUT2D eigenvalue weighted by Gasteiger charge is 2.24. The molecule has 3 heteroatoms. The molecule has 92 valence electrons. The minimum atomic E-state index is 0.127. The maximum absolute atomic E-state index is 11.6. The molecular formula is C14H19NO2. The van der Waals surface area contributed by atoms with Crippen molar-refractivity contribution in [2.45, 2.75) is 26.3 Å². The molecule has 0 saturated carbocycles. The van der Waals surface area contributed by atoms with Crippen molar-refractivity contribution < 1.29 is 9.53 Å². The Morgan fingerprint density at radius 2 is 2.24 bits per heavy atom. The molecule has 3 nitrogen and oxygen atoms in total. The van der Waals surface area contributed by atoms with E-state index in [2.05, 4.69) is 11.8 Å². The fraction of sp³-hybridized carbons (Fsp3) is 0.500. The highest BCUT2D eigenvalue weighted by atomic mass is 16.5. The summed E-state index contributed by atoms with van der Waals surface area (Å²) in [5.41, 5.74) is 1.86. The Labute approximate surface area is 102 Å². The zero-order chi connectivity index (χ0) is 12.3. The Morgan fingerprint density at radius 1 is 1.47 bits per heavy atom. The van der Waals surface area contributed by atoms with E-state index < -0.39 is 0 Å². The predicted octanol–water partition coefficient (Wildman–Crippen LogP) is 2.50. The van der Waals surface area contributed by atoms with Gasteiger partial charge >= 0.3 is 0 Å². The standard InChI is InChI=1S/C14H19NO2/c1-3-12-10-17-9-8-15(12)14-7-5-4-6-13(14)11(2)16/h4-7,12H,3,8-10H2,1-2H3/t12-/m1/s1. The number of benzene rings is 1. The molecule has 0 amide bonds. The van der Waals surface area contributed by atoms with Gasteiger partial charge in [0.05, 0.1) is 19.3 Å². The molecule has 0 bridgehead atoms. The van der Waals surface area contributed by atoms with Gasteiger partial charge < -0.3 is 9.64 Å². The van der Waals surface area contributed by atoms with Crippen LogP contribution in [0, 0.1) is 0 Å². The van der Waals surface area contributed by atoms with Gasteiger partial charge in [-0.3, -0.25) is 4.79 Å². The Hall–Kier alpha value is -1.35. The van der Waals surface area contributed by atoms with Crippen LogP contribution in [-0.4, -0.2) is 31.6 Å². The molecular weight excluding hydrogens is 214 g/mol. The Morgan fingerprint density at radius 3 is 2.94 bits per heavy atom. The van der Waals surface area contributed by atoms with E-state index in [1.54, 1.807) is 6.92 Å². The lowest BCUT2D eigenvalue weighted by Crippen LogP contribution is -2.45. The third kappa shape index (κ3) is 2.50. The Kier molecular flexibility index (Phi) is 3.79. The van der Waals surface area contributed by atoms with Crippen LogP contribution in [0.15, 0.2) is 24.3 Å². The van der Waals surface area contributed by atoms with Gasteiger partial charge in [0.25, 0.3) is 0 Å². The highest BCUT2D eigenvalue weighted by Crippen LogP contribution is 2.25. The summed E-state index contributed by atoms with van der Waals surface area (Å²) in [4.78, 5) is 14.0. The van der Waals surface area contributed by atoms with Crippen LogP contribution < -0.4 is 4.90 Å². The summed E-state index contributed by atoms with van der Waals surface area (Å²) in [7, 11) is 0. The number of hydrogen-bond donors (Lipinski definition) is 0. The average Bonchev–Trinajstić information content (AvgIpc) is 2.38. The first-order valence-electron chi connectivity index (χ1n) is 6.18. The fourth-order valence-corrected chi connectivity index (χ4v) is 2.33. The number of hydrogen-bond acceptors (Lipinski definition) is 3. The molecule has 0 N–H and O–H groups in total. The number of ketones is 1. The van der Waals surface area contributed by atoms with Crippen molar-refractivity contribution in [3.05, 3.63) is 29.8 Å². The van der Waals surface area contributed by atoms with E-state index >= 15 is 0 Å². The third-order valence-corrected chi connectivity index (χ3v) is 3.29. The van der Waals surface area contributed by atoms with E-state index in [-0.39, 0.29) is 5.78 Å². The summed E-state index contributed by atoms with van der Waals surface area (Å²) in [5, 5.41) is 0. The first kappa shape index (κ1) is 12.1. The molecule has 1 fully saturated rings.